The van der Waals surface area contributed by atoms with Crippen LogP contribution in [0.3, 0.4) is 0 Å². The Hall–Kier alpha value is -3.48. The molecule has 31 heavy (non-hydrogen) atoms. The van der Waals surface area contributed by atoms with Gasteiger partial charge in [0, 0.05) is 36.5 Å². The molecule has 1 aliphatic carbocycles. The van der Waals surface area contributed by atoms with Gasteiger partial charge < -0.3 is 5.32 Å². The second-order valence-corrected chi connectivity index (χ2v) is 8.36. The quantitative estimate of drug-likeness (QED) is 0.537. The molecule has 4 aromatic rings. The molecule has 3 heterocycles. The average Bonchev–Trinajstić information content (AvgIpc) is 3.52. The number of carbonyl (C=O) groups is 1. The first-order valence-electron chi connectivity index (χ1n) is 10.7. The van der Waals surface area contributed by atoms with E-state index in [-0.39, 0.29) is 5.91 Å². The lowest BCUT2D eigenvalue weighted by Gasteiger charge is -2.10. The summed E-state index contributed by atoms with van der Waals surface area (Å²) in [6.45, 7) is 6.37. The van der Waals surface area contributed by atoms with Gasteiger partial charge in [0.25, 0.3) is 5.91 Å². The van der Waals surface area contributed by atoms with E-state index < -0.39 is 0 Å². The van der Waals surface area contributed by atoms with Crippen molar-refractivity contribution in [3.8, 4) is 5.69 Å². The van der Waals surface area contributed by atoms with Crippen LogP contribution >= 0.6 is 0 Å². The number of rotatable bonds is 5. The molecule has 0 bridgehead atoms. The zero-order chi connectivity index (χ0) is 21.7. The van der Waals surface area contributed by atoms with Gasteiger partial charge >= 0.3 is 0 Å². The first-order chi connectivity index (χ1) is 14.9. The van der Waals surface area contributed by atoms with Gasteiger partial charge in [0.2, 0.25) is 0 Å². The Bertz CT molecular complexity index is 1300. The Labute approximate surface area is 181 Å². The maximum Gasteiger partial charge on any atom is 0.252 e. The van der Waals surface area contributed by atoms with Gasteiger partial charge in [-0.05, 0) is 51.8 Å². The number of nitrogens with zero attached hydrogens (tertiary/aromatic N) is 5. The van der Waals surface area contributed by atoms with Crippen LogP contribution in [-0.2, 0) is 13.6 Å². The Balaban J connectivity index is 1.57. The summed E-state index contributed by atoms with van der Waals surface area (Å²) in [7, 11) is 1.92. The highest BCUT2D eigenvalue weighted by Crippen LogP contribution is 2.40. The number of hydrogen-bond donors (Lipinski definition) is 1. The van der Waals surface area contributed by atoms with E-state index in [0.29, 0.717) is 18.0 Å². The normalized spacial score (nSPS) is 13.7. The molecule has 1 saturated carbocycles. The van der Waals surface area contributed by atoms with Crippen molar-refractivity contribution in [2.24, 2.45) is 7.05 Å². The van der Waals surface area contributed by atoms with Crippen molar-refractivity contribution in [2.45, 2.75) is 46.1 Å². The van der Waals surface area contributed by atoms with E-state index in [1.54, 1.807) is 0 Å². The summed E-state index contributed by atoms with van der Waals surface area (Å²) in [5, 5.41) is 13.1. The second kappa shape index (κ2) is 7.34. The van der Waals surface area contributed by atoms with E-state index >= 15 is 0 Å². The summed E-state index contributed by atoms with van der Waals surface area (Å²) in [5.74, 6) is 0.325. The molecule has 0 radical (unpaired) electrons. The number of carbonyl (C=O) groups excluding carboxylic acids is 1. The van der Waals surface area contributed by atoms with Gasteiger partial charge in [-0.1, -0.05) is 18.2 Å². The second-order valence-electron chi connectivity index (χ2n) is 8.36. The molecule has 0 unspecified atom stereocenters. The molecule has 5 rings (SSSR count). The zero-order valence-electron chi connectivity index (χ0n) is 18.3. The third kappa shape index (κ3) is 3.40. The van der Waals surface area contributed by atoms with Gasteiger partial charge in [-0.2, -0.15) is 10.2 Å². The maximum atomic E-state index is 13.4. The molecule has 0 saturated heterocycles. The molecule has 1 aromatic carbocycles. The lowest BCUT2D eigenvalue weighted by Crippen LogP contribution is -2.24. The van der Waals surface area contributed by atoms with Crippen molar-refractivity contribution in [1.29, 1.82) is 0 Å². The molecule has 0 aliphatic heterocycles. The Morgan fingerprint density at radius 1 is 1.10 bits per heavy atom. The molecule has 1 N–H and O–H groups in total. The number of para-hydroxylation sites is 1. The van der Waals surface area contributed by atoms with Gasteiger partial charge in [-0.3, -0.25) is 9.48 Å². The van der Waals surface area contributed by atoms with Crippen molar-refractivity contribution in [1.82, 2.24) is 29.9 Å². The van der Waals surface area contributed by atoms with Crippen molar-refractivity contribution >= 4 is 16.9 Å². The smallest absolute Gasteiger partial charge is 0.252 e. The minimum Gasteiger partial charge on any atom is -0.348 e. The fraction of sp³-hybridized carbons (Fsp3) is 0.333. The topological polar surface area (TPSA) is 77.6 Å². The van der Waals surface area contributed by atoms with E-state index in [1.807, 2.05) is 73.6 Å². The summed E-state index contributed by atoms with van der Waals surface area (Å²) in [6, 6.07) is 11.9. The number of aryl methyl sites for hydroxylation is 3. The molecule has 0 spiro atoms. The molecule has 1 fully saturated rings. The van der Waals surface area contributed by atoms with Crippen molar-refractivity contribution in [3.63, 3.8) is 0 Å². The molecular formula is C24H26N6O. The lowest BCUT2D eigenvalue weighted by molar-refractivity contribution is 0.0952. The van der Waals surface area contributed by atoms with Crippen LogP contribution in [0.5, 0.6) is 0 Å². The number of benzene rings is 1. The summed E-state index contributed by atoms with van der Waals surface area (Å²) in [6.07, 6.45) is 2.23. The first kappa shape index (κ1) is 19.5. The van der Waals surface area contributed by atoms with Crippen LogP contribution < -0.4 is 5.32 Å². The van der Waals surface area contributed by atoms with Crippen LogP contribution in [-0.4, -0.2) is 30.5 Å². The van der Waals surface area contributed by atoms with Crippen LogP contribution in [0.2, 0.25) is 0 Å². The van der Waals surface area contributed by atoms with Crippen molar-refractivity contribution in [2.75, 3.05) is 0 Å². The van der Waals surface area contributed by atoms with Crippen molar-refractivity contribution in [3.05, 3.63) is 70.3 Å². The largest absolute Gasteiger partial charge is 0.348 e. The predicted octanol–water partition coefficient (Wildman–Crippen LogP) is 3.89. The highest BCUT2D eigenvalue weighted by Gasteiger charge is 2.29. The number of amides is 1. The van der Waals surface area contributed by atoms with E-state index in [9.17, 15) is 4.79 Å². The first-order valence-corrected chi connectivity index (χ1v) is 10.7. The van der Waals surface area contributed by atoms with Gasteiger partial charge in [-0.15, -0.1) is 0 Å². The van der Waals surface area contributed by atoms with Gasteiger partial charge in [-0.25, -0.2) is 9.67 Å². The molecule has 7 heteroatoms. The zero-order valence-corrected chi connectivity index (χ0v) is 18.3. The number of hydrogen-bond acceptors (Lipinski definition) is 4. The fourth-order valence-corrected chi connectivity index (χ4v) is 4.16. The van der Waals surface area contributed by atoms with Crippen LogP contribution in [0.4, 0.5) is 0 Å². The average molecular weight is 415 g/mol. The third-order valence-corrected chi connectivity index (χ3v) is 6.16. The van der Waals surface area contributed by atoms with Gasteiger partial charge in [0.05, 0.1) is 28.0 Å². The summed E-state index contributed by atoms with van der Waals surface area (Å²) in [4.78, 5) is 18.3. The SMILES string of the molecule is Cc1nn(C)c(C)c1CNC(=O)c1cc(C2CC2)nc2c1c(C)nn2-c1ccccc1. The molecule has 1 aliphatic rings. The Morgan fingerprint density at radius 2 is 1.84 bits per heavy atom. The highest BCUT2D eigenvalue weighted by atomic mass is 16.1. The lowest BCUT2D eigenvalue weighted by atomic mass is 10.1. The number of pyridine rings is 1. The summed E-state index contributed by atoms with van der Waals surface area (Å²) < 4.78 is 3.70. The van der Waals surface area contributed by atoms with Gasteiger partial charge in [0.15, 0.2) is 5.65 Å². The number of aromatic nitrogens is 5. The maximum absolute atomic E-state index is 13.4. The Morgan fingerprint density at radius 3 is 2.48 bits per heavy atom. The molecule has 3 aromatic heterocycles. The minimum atomic E-state index is -0.104. The molecule has 0 atom stereocenters. The van der Waals surface area contributed by atoms with Crippen LogP contribution in [0.15, 0.2) is 36.4 Å². The molecular weight excluding hydrogens is 388 g/mol. The molecule has 158 valence electrons. The van der Waals surface area contributed by atoms with E-state index in [2.05, 4.69) is 10.4 Å². The molecule has 7 nitrogen and oxygen atoms in total. The van der Waals surface area contributed by atoms with Crippen LogP contribution in [0, 0.1) is 20.8 Å². The standard InChI is InChI=1S/C24H26N6O/c1-14-20(16(3)29(4)27-14)13-25-24(31)19-12-21(17-10-11-17)26-23-22(19)15(2)28-30(23)18-8-6-5-7-9-18/h5-9,12,17H,10-11,13H2,1-4H3,(H,25,31). The van der Waals surface area contributed by atoms with E-state index in [1.165, 1.54) is 0 Å². The fourth-order valence-electron chi connectivity index (χ4n) is 4.16. The van der Waals surface area contributed by atoms with Crippen LogP contribution in [0.1, 0.15) is 57.5 Å². The van der Waals surface area contributed by atoms with Crippen LogP contribution in [0.25, 0.3) is 16.7 Å². The summed E-state index contributed by atoms with van der Waals surface area (Å²) in [5.41, 5.74) is 7.15. The third-order valence-electron chi connectivity index (χ3n) is 6.16. The Kier molecular flexibility index (Phi) is 4.61. The van der Waals surface area contributed by atoms with Gasteiger partial charge in [0.1, 0.15) is 0 Å². The number of fused-ring (bicyclic) bond motifs is 1. The van der Waals surface area contributed by atoms with E-state index in [4.69, 9.17) is 10.1 Å². The highest BCUT2D eigenvalue weighted by molar-refractivity contribution is 6.06. The molecule has 1 amide bonds. The number of nitrogens with one attached hydrogen (secondary N) is 1. The van der Waals surface area contributed by atoms with Crippen molar-refractivity contribution < 1.29 is 4.79 Å². The predicted molar refractivity (Wildman–Crippen MR) is 119 cm³/mol. The van der Waals surface area contributed by atoms with E-state index in [0.717, 1.165) is 57.9 Å². The summed E-state index contributed by atoms with van der Waals surface area (Å²) >= 11 is 0. The monoisotopic (exact) mass is 414 g/mol. The minimum absolute atomic E-state index is 0.104.